The molecule has 1 heterocycles. The van der Waals surface area contributed by atoms with E-state index in [2.05, 4.69) is 11.3 Å². The van der Waals surface area contributed by atoms with E-state index in [0.29, 0.717) is 12.0 Å². The van der Waals surface area contributed by atoms with E-state index in [1.54, 1.807) is 0 Å². The summed E-state index contributed by atoms with van der Waals surface area (Å²) in [6.07, 6.45) is 3.21. The molecule has 1 fully saturated rings. The average molecular weight is 151 g/mol. The summed E-state index contributed by atoms with van der Waals surface area (Å²) in [5.41, 5.74) is 8.20. The molecular formula is C8H13N3. The van der Waals surface area contributed by atoms with Gasteiger partial charge in [0.2, 0.25) is 0 Å². The highest BCUT2D eigenvalue weighted by Gasteiger charge is 2.36. The van der Waals surface area contributed by atoms with Crippen molar-refractivity contribution in [3.8, 4) is 0 Å². The summed E-state index contributed by atoms with van der Waals surface area (Å²) in [7, 11) is 1.95. The number of aryl methyl sites for hydroxylation is 2. The highest BCUT2D eigenvalue weighted by Crippen LogP contribution is 2.39. The van der Waals surface area contributed by atoms with Gasteiger partial charge in [-0.1, -0.05) is 0 Å². The van der Waals surface area contributed by atoms with Crippen molar-refractivity contribution in [1.29, 1.82) is 0 Å². The van der Waals surface area contributed by atoms with Crippen molar-refractivity contribution in [3.63, 3.8) is 0 Å². The molecule has 1 aliphatic rings. The van der Waals surface area contributed by atoms with Gasteiger partial charge < -0.3 is 5.73 Å². The third-order valence-corrected chi connectivity index (χ3v) is 2.29. The van der Waals surface area contributed by atoms with E-state index in [1.165, 1.54) is 5.56 Å². The van der Waals surface area contributed by atoms with Crippen molar-refractivity contribution in [2.75, 3.05) is 0 Å². The lowest BCUT2D eigenvalue weighted by Gasteiger charge is -1.91. The number of nitrogens with two attached hydrogens (primary N) is 1. The molecule has 2 rings (SSSR count). The van der Waals surface area contributed by atoms with Crippen molar-refractivity contribution >= 4 is 0 Å². The quantitative estimate of drug-likeness (QED) is 0.636. The van der Waals surface area contributed by atoms with Crippen molar-refractivity contribution in [2.24, 2.45) is 12.8 Å². The van der Waals surface area contributed by atoms with Gasteiger partial charge in [-0.15, -0.1) is 0 Å². The fourth-order valence-corrected chi connectivity index (χ4v) is 1.55. The molecule has 1 aromatic rings. The van der Waals surface area contributed by atoms with Gasteiger partial charge in [-0.3, -0.25) is 4.68 Å². The molecule has 0 radical (unpaired) electrons. The highest BCUT2D eigenvalue weighted by atomic mass is 15.2. The Kier molecular flexibility index (Phi) is 1.29. The van der Waals surface area contributed by atoms with Crippen molar-refractivity contribution in [3.05, 3.63) is 17.5 Å². The Balaban J connectivity index is 2.30. The summed E-state index contributed by atoms with van der Waals surface area (Å²) in [5.74, 6) is 0.587. The molecule has 2 unspecified atom stereocenters. The Hall–Kier alpha value is -0.830. The minimum Gasteiger partial charge on any atom is -0.327 e. The first-order chi connectivity index (χ1) is 5.18. The largest absolute Gasteiger partial charge is 0.327 e. The van der Waals surface area contributed by atoms with Gasteiger partial charge in [0.25, 0.3) is 0 Å². The molecule has 2 atom stereocenters. The predicted molar refractivity (Wildman–Crippen MR) is 43.3 cm³/mol. The average Bonchev–Trinajstić information content (AvgIpc) is 2.52. The minimum absolute atomic E-state index is 0.387. The maximum Gasteiger partial charge on any atom is 0.0628 e. The monoisotopic (exact) mass is 151 g/mol. The van der Waals surface area contributed by atoms with Crippen LogP contribution >= 0.6 is 0 Å². The summed E-state index contributed by atoms with van der Waals surface area (Å²) in [6, 6.07) is 0.387. The van der Waals surface area contributed by atoms with Crippen molar-refractivity contribution < 1.29 is 0 Å². The maximum atomic E-state index is 5.74. The zero-order valence-corrected chi connectivity index (χ0v) is 6.91. The molecule has 3 heteroatoms. The van der Waals surface area contributed by atoms with Gasteiger partial charge in [0.15, 0.2) is 0 Å². The van der Waals surface area contributed by atoms with E-state index in [0.717, 1.165) is 12.1 Å². The Morgan fingerprint density at radius 2 is 2.36 bits per heavy atom. The molecule has 0 amide bonds. The summed E-state index contributed by atoms with van der Waals surface area (Å²) < 4.78 is 1.86. The molecule has 1 aromatic heterocycles. The fraction of sp³-hybridized carbons (Fsp3) is 0.625. The highest BCUT2D eigenvalue weighted by molar-refractivity contribution is 5.28. The molecule has 60 valence electrons. The molecule has 0 spiro atoms. The second kappa shape index (κ2) is 2.08. The van der Waals surface area contributed by atoms with Crippen LogP contribution in [-0.2, 0) is 7.05 Å². The first-order valence-corrected chi connectivity index (χ1v) is 3.94. The lowest BCUT2D eigenvalue weighted by molar-refractivity contribution is 0.756. The van der Waals surface area contributed by atoms with E-state index in [-0.39, 0.29) is 0 Å². The second-order valence-electron chi connectivity index (χ2n) is 3.35. The molecule has 3 nitrogen and oxygen atoms in total. The van der Waals surface area contributed by atoms with Crippen molar-refractivity contribution in [2.45, 2.75) is 25.3 Å². The topological polar surface area (TPSA) is 43.8 Å². The van der Waals surface area contributed by atoms with E-state index in [1.807, 2.05) is 18.7 Å². The fourth-order valence-electron chi connectivity index (χ4n) is 1.55. The molecule has 2 N–H and O–H groups in total. The molecular weight excluding hydrogens is 138 g/mol. The van der Waals surface area contributed by atoms with Crippen LogP contribution in [0.1, 0.15) is 23.6 Å². The molecule has 0 bridgehead atoms. The van der Waals surface area contributed by atoms with Crippen LogP contribution in [0.15, 0.2) is 6.20 Å². The maximum absolute atomic E-state index is 5.74. The van der Waals surface area contributed by atoms with Crippen LogP contribution in [0.25, 0.3) is 0 Å². The van der Waals surface area contributed by atoms with Gasteiger partial charge >= 0.3 is 0 Å². The van der Waals surface area contributed by atoms with E-state index in [4.69, 9.17) is 5.73 Å². The van der Waals surface area contributed by atoms with Crippen LogP contribution in [0.3, 0.4) is 0 Å². The van der Waals surface area contributed by atoms with Gasteiger partial charge in [0.05, 0.1) is 5.69 Å². The second-order valence-corrected chi connectivity index (χ2v) is 3.35. The summed E-state index contributed by atoms with van der Waals surface area (Å²) in [4.78, 5) is 0. The first-order valence-electron chi connectivity index (χ1n) is 3.94. The summed E-state index contributed by atoms with van der Waals surface area (Å²) >= 11 is 0. The van der Waals surface area contributed by atoms with E-state index in [9.17, 15) is 0 Å². The third-order valence-electron chi connectivity index (χ3n) is 2.29. The van der Waals surface area contributed by atoms with Gasteiger partial charge in [0.1, 0.15) is 0 Å². The van der Waals surface area contributed by atoms with Crippen LogP contribution in [0.5, 0.6) is 0 Å². The minimum atomic E-state index is 0.387. The molecule has 0 aromatic carbocycles. The normalized spacial score (nSPS) is 29.0. The smallest absolute Gasteiger partial charge is 0.0628 e. The zero-order valence-electron chi connectivity index (χ0n) is 6.91. The number of nitrogens with zero attached hydrogens (tertiary/aromatic N) is 2. The number of hydrogen-bond donors (Lipinski definition) is 1. The van der Waals surface area contributed by atoms with Crippen LogP contribution in [0.4, 0.5) is 0 Å². The van der Waals surface area contributed by atoms with Crippen molar-refractivity contribution in [1.82, 2.24) is 9.78 Å². The molecule has 0 aliphatic heterocycles. The number of hydrogen-bond acceptors (Lipinski definition) is 2. The van der Waals surface area contributed by atoms with Gasteiger partial charge in [-0.2, -0.15) is 5.10 Å². The van der Waals surface area contributed by atoms with E-state index < -0.39 is 0 Å². The molecule has 11 heavy (non-hydrogen) atoms. The standard InChI is InChI=1S/C8H13N3/c1-5-7(4-11(2)10-5)6-3-8(6)9/h4,6,8H,3,9H2,1-2H3. The van der Waals surface area contributed by atoms with Gasteiger partial charge in [0, 0.05) is 25.2 Å². The van der Waals surface area contributed by atoms with Crippen LogP contribution < -0.4 is 5.73 Å². The SMILES string of the molecule is Cc1nn(C)cc1C1CC1N. The summed E-state index contributed by atoms with van der Waals surface area (Å²) in [5, 5.41) is 4.27. The molecule has 0 saturated heterocycles. The third kappa shape index (κ3) is 1.05. The van der Waals surface area contributed by atoms with Crippen LogP contribution in [-0.4, -0.2) is 15.8 Å². The summed E-state index contributed by atoms with van der Waals surface area (Å²) in [6.45, 7) is 2.04. The van der Waals surface area contributed by atoms with Crippen LogP contribution in [0, 0.1) is 6.92 Å². The predicted octanol–water partition coefficient (Wildman–Crippen LogP) is 0.543. The lowest BCUT2D eigenvalue weighted by Crippen LogP contribution is -2.00. The Morgan fingerprint density at radius 3 is 2.73 bits per heavy atom. The Morgan fingerprint density at radius 1 is 1.73 bits per heavy atom. The zero-order chi connectivity index (χ0) is 8.01. The molecule has 1 aliphatic carbocycles. The van der Waals surface area contributed by atoms with Gasteiger partial charge in [-0.25, -0.2) is 0 Å². The van der Waals surface area contributed by atoms with E-state index >= 15 is 0 Å². The lowest BCUT2D eigenvalue weighted by atomic mass is 10.2. The first kappa shape index (κ1) is 6.85. The van der Waals surface area contributed by atoms with Crippen LogP contribution in [0.2, 0.25) is 0 Å². The number of rotatable bonds is 1. The molecule has 1 saturated carbocycles. The van der Waals surface area contributed by atoms with Gasteiger partial charge in [-0.05, 0) is 18.9 Å². The Labute approximate surface area is 66.2 Å². The number of aromatic nitrogens is 2. The Bertz CT molecular complexity index is 277.